The molecule has 2 aromatic rings. The molecular weight excluding hydrogens is 302 g/mol. The molecule has 1 aromatic heterocycles. The van der Waals surface area contributed by atoms with E-state index in [2.05, 4.69) is 15.6 Å². The molecule has 3 rings (SSSR count). The second kappa shape index (κ2) is 6.23. The molecule has 1 fully saturated rings. The van der Waals surface area contributed by atoms with Crippen LogP contribution < -0.4 is 15.4 Å². The molecule has 0 atom stereocenters. The molecular formula is C16H16ClN3O2. The third-order valence-electron chi connectivity index (χ3n) is 3.35. The van der Waals surface area contributed by atoms with Crippen LogP contribution in [0.3, 0.4) is 0 Å². The van der Waals surface area contributed by atoms with Crippen molar-refractivity contribution in [2.24, 2.45) is 0 Å². The van der Waals surface area contributed by atoms with Crippen molar-refractivity contribution in [1.29, 1.82) is 0 Å². The number of amides is 1. The number of hydrogen-bond acceptors (Lipinski definition) is 4. The Morgan fingerprint density at radius 1 is 1.32 bits per heavy atom. The lowest BCUT2D eigenvalue weighted by Crippen LogP contribution is -2.14. The third kappa shape index (κ3) is 3.49. The quantitative estimate of drug-likeness (QED) is 0.885. The minimum Gasteiger partial charge on any atom is -0.495 e. The Morgan fingerprint density at radius 2 is 2.14 bits per heavy atom. The van der Waals surface area contributed by atoms with Gasteiger partial charge in [-0.2, -0.15) is 0 Å². The van der Waals surface area contributed by atoms with Crippen LogP contribution >= 0.6 is 11.6 Å². The Labute approximate surface area is 133 Å². The maximum Gasteiger partial charge on any atom is 0.274 e. The molecule has 1 aromatic carbocycles. The van der Waals surface area contributed by atoms with E-state index >= 15 is 0 Å². The third-order valence-corrected chi connectivity index (χ3v) is 3.59. The van der Waals surface area contributed by atoms with Crippen LogP contribution in [0, 0.1) is 0 Å². The minimum atomic E-state index is -0.307. The highest BCUT2D eigenvalue weighted by molar-refractivity contribution is 6.31. The van der Waals surface area contributed by atoms with E-state index in [-0.39, 0.29) is 5.91 Å². The van der Waals surface area contributed by atoms with E-state index in [1.54, 1.807) is 30.5 Å². The standard InChI is InChI=1S/C16H16ClN3O2/c1-22-15-7-2-10(17)8-14(15)20-16(21)13-6-5-12(9-18-13)19-11-3-4-11/h2,5-9,11,19H,3-4H2,1H3,(H,20,21). The Morgan fingerprint density at radius 3 is 2.77 bits per heavy atom. The highest BCUT2D eigenvalue weighted by Crippen LogP contribution is 2.28. The summed E-state index contributed by atoms with van der Waals surface area (Å²) >= 11 is 5.95. The van der Waals surface area contributed by atoms with Gasteiger partial charge in [0.2, 0.25) is 0 Å². The van der Waals surface area contributed by atoms with E-state index in [4.69, 9.17) is 16.3 Å². The second-order valence-corrected chi connectivity index (χ2v) is 5.59. The molecule has 5 nitrogen and oxygen atoms in total. The van der Waals surface area contributed by atoms with Crippen molar-refractivity contribution in [3.05, 3.63) is 47.2 Å². The number of pyridine rings is 1. The average Bonchev–Trinajstić information content (AvgIpc) is 3.32. The number of rotatable bonds is 5. The lowest BCUT2D eigenvalue weighted by Gasteiger charge is -2.10. The molecule has 6 heteroatoms. The summed E-state index contributed by atoms with van der Waals surface area (Å²) in [6.45, 7) is 0. The molecule has 0 saturated heterocycles. The van der Waals surface area contributed by atoms with Crippen LogP contribution in [0.25, 0.3) is 0 Å². The Hall–Kier alpha value is -2.27. The lowest BCUT2D eigenvalue weighted by atomic mass is 10.2. The highest BCUT2D eigenvalue weighted by Gasteiger charge is 2.21. The molecule has 0 spiro atoms. The van der Waals surface area contributed by atoms with E-state index in [1.807, 2.05) is 6.07 Å². The smallest absolute Gasteiger partial charge is 0.274 e. The maximum atomic E-state index is 12.2. The monoisotopic (exact) mass is 317 g/mol. The number of methoxy groups -OCH3 is 1. The van der Waals surface area contributed by atoms with Gasteiger partial charge in [-0.15, -0.1) is 0 Å². The van der Waals surface area contributed by atoms with Gasteiger partial charge in [-0.05, 0) is 43.2 Å². The highest BCUT2D eigenvalue weighted by atomic mass is 35.5. The van der Waals surface area contributed by atoms with Crippen LogP contribution in [-0.4, -0.2) is 24.0 Å². The number of hydrogen-bond donors (Lipinski definition) is 2. The number of benzene rings is 1. The first-order chi connectivity index (χ1) is 10.7. The number of carbonyl (C=O) groups is 1. The largest absolute Gasteiger partial charge is 0.495 e. The van der Waals surface area contributed by atoms with Crippen molar-refractivity contribution in [2.75, 3.05) is 17.7 Å². The molecule has 1 saturated carbocycles. The van der Waals surface area contributed by atoms with Gasteiger partial charge in [0.05, 0.1) is 24.7 Å². The van der Waals surface area contributed by atoms with Crippen molar-refractivity contribution in [3.63, 3.8) is 0 Å². The fourth-order valence-electron chi connectivity index (χ4n) is 2.04. The number of carbonyl (C=O) groups excluding carboxylic acids is 1. The predicted octanol–water partition coefficient (Wildman–Crippen LogP) is 3.57. The second-order valence-electron chi connectivity index (χ2n) is 5.15. The number of halogens is 1. The zero-order valence-electron chi connectivity index (χ0n) is 12.1. The Balaban J connectivity index is 1.72. The zero-order valence-corrected chi connectivity index (χ0v) is 12.9. The predicted molar refractivity (Wildman–Crippen MR) is 86.8 cm³/mol. The van der Waals surface area contributed by atoms with Crippen LogP contribution in [0.15, 0.2) is 36.5 Å². The fourth-order valence-corrected chi connectivity index (χ4v) is 2.21. The fraction of sp³-hybridized carbons (Fsp3) is 0.250. The van der Waals surface area contributed by atoms with Crippen LogP contribution in [-0.2, 0) is 0 Å². The van der Waals surface area contributed by atoms with Gasteiger partial charge in [0, 0.05) is 11.1 Å². The van der Waals surface area contributed by atoms with Crippen molar-refractivity contribution in [2.45, 2.75) is 18.9 Å². The van der Waals surface area contributed by atoms with Gasteiger partial charge < -0.3 is 15.4 Å². The van der Waals surface area contributed by atoms with Crippen LogP contribution in [0.1, 0.15) is 23.3 Å². The zero-order chi connectivity index (χ0) is 15.5. The average molecular weight is 318 g/mol. The van der Waals surface area contributed by atoms with Crippen molar-refractivity contribution >= 4 is 28.9 Å². The Kier molecular flexibility index (Phi) is 4.15. The van der Waals surface area contributed by atoms with Crippen LogP contribution in [0.2, 0.25) is 5.02 Å². The summed E-state index contributed by atoms with van der Waals surface area (Å²) in [5, 5.41) is 6.61. The van der Waals surface area contributed by atoms with Crippen molar-refractivity contribution in [1.82, 2.24) is 4.98 Å². The summed E-state index contributed by atoms with van der Waals surface area (Å²) in [5.74, 6) is 0.239. The maximum absolute atomic E-state index is 12.2. The van der Waals surface area contributed by atoms with Crippen LogP contribution in [0.4, 0.5) is 11.4 Å². The summed E-state index contributed by atoms with van der Waals surface area (Å²) in [7, 11) is 1.54. The van der Waals surface area contributed by atoms with Gasteiger partial charge in [-0.25, -0.2) is 4.98 Å². The number of nitrogens with one attached hydrogen (secondary N) is 2. The van der Waals surface area contributed by atoms with E-state index in [0.29, 0.717) is 28.2 Å². The van der Waals surface area contributed by atoms with Gasteiger partial charge in [0.25, 0.3) is 5.91 Å². The SMILES string of the molecule is COc1ccc(Cl)cc1NC(=O)c1ccc(NC2CC2)cn1. The van der Waals surface area contributed by atoms with E-state index in [9.17, 15) is 4.79 Å². The summed E-state index contributed by atoms with van der Waals surface area (Å²) < 4.78 is 5.20. The van der Waals surface area contributed by atoms with Gasteiger partial charge in [-0.1, -0.05) is 11.6 Å². The molecule has 114 valence electrons. The molecule has 0 unspecified atom stereocenters. The van der Waals surface area contributed by atoms with E-state index in [1.165, 1.54) is 20.0 Å². The van der Waals surface area contributed by atoms with Crippen molar-refractivity contribution < 1.29 is 9.53 Å². The summed E-state index contributed by atoms with van der Waals surface area (Å²) in [6, 6.07) is 9.14. The number of nitrogens with zero attached hydrogens (tertiary/aromatic N) is 1. The summed E-state index contributed by atoms with van der Waals surface area (Å²) in [4.78, 5) is 16.4. The normalized spacial score (nSPS) is 13.5. The molecule has 1 aliphatic rings. The lowest BCUT2D eigenvalue weighted by molar-refractivity contribution is 0.102. The molecule has 1 heterocycles. The first kappa shape index (κ1) is 14.7. The van der Waals surface area contributed by atoms with Gasteiger partial charge >= 0.3 is 0 Å². The Bertz CT molecular complexity index is 684. The van der Waals surface area contributed by atoms with E-state index < -0.39 is 0 Å². The van der Waals surface area contributed by atoms with E-state index in [0.717, 1.165) is 5.69 Å². The van der Waals surface area contributed by atoms with Gasteiger partial charge in [0.1, 0.15) is 11.4 Å². The molecule has 2 N–H and O–H groups in total. The molecule has 0 bridgehead atoms. The summed E-state index contributed by atoms with van der Waals surface area (Å²) in [6.07, 6.45) is 4.05. The topological polar surface area (TPSA) is 63.2 Å². The van der Waals surface area contributed by atoms with Gasteiger partial charge in [-0.3, -0.25) is 4.79 Å². The first-order valence-corrected chi connectivity index (χ1v) is 7.41. The molecule has 0 aliphatic heterocycles. The molecule has 22 heavy (non-hydrogen) atoms. The number of ether oxygens (including phenoxy) is 1. The van der Waals surface area contributed by atoms with Crippen LogP contribution in [0.5, 0.6) is 5.75 Å². The molecule has 1 aliphatic carbocycles. The molecule has 1 amide bonds. The molecule has 0 radical (unpaired) electrons. The van der Waals surface area contributed by atoms with Gasteiger partial charge in [0.15, 0.2) is 0 Å². The number of anilines is 2. The van der Waals surface area contributed by atoms with Crippen molar-refractivity contribution in [3.8, 4) is 5.75 Å². The summed E-state index contributed by atoms with van der Waals surface area (Å²) in [5.41, 5.74) is 1.78. The first-order valence-electron chi connectivity index (χ1n) is 7.03. The number of aromatic nitrogens is 1. The minimum absolute atomic E-state index is 0.307.